The molecule has 6 nitrogen and oxygen atoms in total. The third kappa shape index (κ3) is 1.61. The molecular formula is C9H11N5O. The molecule has 0 saturated heterocycles. The van der Waals surface area contributed by atoms with Crippen LogP contribution in [0.4, 0.5) is 11.4 Å². The van der Waals surface area contributed by atoms with Gasteiger partial charge in [-0.1, -0.05) is 11.3 Å². The summed E-state index contributed by atoms with van der Waals surface area (Å²) in [5.41, 5.74) is 1.69. The average Bonchev–Trinajstić information content (AvgIpc) is 2.17. The fourth-order valence-corrected chi connectivity index (χ4v) is 1.58. The summed E-state index contributed by atoms with van der Waals surface area (Å²) in [5, 5.41) is 12.7. The topological polar surface area (TPSA) is 91.9 Å². The first-order chi connectivity index (χ1) is 7.22. The van der Waals surface area contributed by atoms with Crippen LogP contribution in [0.15, 0.2) is 28.5 Å². The zero-order valence-electron chi connectivity index (χ0n) is 8.19. The smallest absolute Gasteiger partial charge is 0.257 e. The second kappa shape index (κ2) is 3.56. The van der Waals surface area contributed by atoms with Crippen molar-refractivity contribution < 1.29 is 4.79 Å². The molecule has 1 aromatic carbocycles. The summed E-state index contributed by atoms with van der Waals surface area (Å²) in [6, 6.07) is 5.30. The van der Waals surface area contributed by atoms with E-state index in [1.807, 2.05) is 13.0 Å². The van der Waals surface area contributed by atoms with E-state index in [2.05, 4.69) is 21.0 Å². The SMILES string of the molecule is CC1NC(=O)c2c(N=NN)cccc2N1. The van der Waals surface area contributed by atoms with E-state index in [9.17, 15) is 4.79 Å². The molecule has 1 unspecified atom stereocenters. The molecule has 0 fully saturated rings. The van der Waals surface area contributed by atoms with Gasteiger partial charge in [0.2, 0.25) is 0 Å². The van der Waals surface area contributed by atoms with Gasteiger partial charge in [0.05, 0.1) is 17.4 Å². The third-order valence-electron chi connectivity index (χ3n) is 2.15. The highest BCUT2D eigenvalue weighted by Crippen LogP contribution is 2.29. The van der Waals surface area contributed by atoms with Crippen molar-refractivity contribution in [2.45, 2.75) is 13.1 Å². The molecule has 2 rings (SSSR count). The van der Waals surface area contributed by atoms with E-state index < -0.39 is 0 Å². The summed E-state index contributed by atoms with van der Waals surface area (Å²) in [6.07, 6.45) is -0.0879. The van der Waals surface area contributed by atoms with Crippen LogP contribution in [0.25, 0.3) is 0 Å². The number of hydrogen-bond acceptors (Lipinski definition) is 4. The standard InChI is InChI=1S/C9H11N5O/c1-5-11-6-3-2-4-7(13-14-10)8(6)9(15)12-5/h2-5,11H,1H3,(H2,10,13)(H,12,15). The first kappa shape index (κ1) is 9.45. The van der Waals surface area contributed by atoms with E-state index in [0.717, 1.165) is 5.69 Å². The number of anilines is 1. The minimum Gasteiger partial charge on any atom is -0.365 e. The number of fused-ring (bicyclic) bond motifs is 1. The Hall–Kier alpha value is -2.11. The highest BCUT2D eigenvalue weighted by molar-refractivity contribution is 6.05. The van der Waals surface area contributed by atoms with Crippen LogP contribution in [0, 0.1) is 0 Å². The first-order valence-corrected chi connectivity index (χ1v) is 4.53. The number of rotatable bonds is 1. The molecule has 15 heavy (non-hydrogen) atoms. The van der Waals surface area contributed by atoms with Crippen LogP contribution >= 0.6 is 0 Å². The molecule has 0 bridgehead atoms. The number of hydrogen-bond donors (Lipinski definition) is 3. The number of nitrogens with one attached hydrogen (secondary N) is 2. The zero-order chi connectivity index (χ0) is 10.8. The number of carbonyl (C=O) groups is 1. The van der Waals surface area contributed by atoms with Crippen molar-refractivity contribution >= 4 is 17.3 Å². The van der Waals surface area contributed by atoms with Crippen LogP contribution in [0.3, 0.4) is 0 Å². The molecule has 0 saturated carbocycles. The third-order valence-corrected chi connectivity index (χ3v) is 2.15. The molecule has 78 valence electrons. The first-order valence-electron chi connectivity index (χ1n) is 4.53. The maximum Gasteiger partial charge on any atom is 0.257 e. The highest BCUT2D eigenvalue weighted by atomic mass is 16.2. The molecule has 6 heteroatoms. The van der Waals surface area contributed by atoms with Crippen molar-refractivity contribution in [2.75, 3.05) is 5.32 Å². The molecule has 1 aromatic rings. The largest absolute Gasteiger partial charge is 0.365 e. The lowest BCUT2D eigenvalue weighted by Gasteiger charge is -2.25. The van der Waals surface area contributed by atoms with E-state index >= 15 is 0 Å². The second-order valence-electron chi connectivity index (χ2n) is 3.25. The number of nitrogens with zero attached hydrogens (tertiary/aromatic N) is 2. The summed E-state index contributed by atoms with van der Waals surface area (Å²) < 4.78 is 0. The summed E-state index contributed by atoms with van der Waals surface area (Å²) in [4.78, 5) is 11.7. The normalized spacial score (nSPS) is 19.5. The maximum atomic E-state index is 11.7. The van der Waals surface area contributed by atoms with Gasteiger partial charge >= 0.3 is 0 Å². The highest BCUT2D eigenvalue weighted by Gasteiger charge is 2.23. The lowest BCUT2D eigenvalue weighted by Crippen LogP contribution is -2.42. The monoisotopic (exact) mass is 205 g/mol. The van der Waals surface area contributed by atoms with Crippen LogP contribution < -0.4 is 16.5 Å². The number of carbonyl (C=O) groups excluding carboxylic acids is 1. The zero-order valence-corrected chi connectivity index (χ0v) is 8.19. The van der Waals surface area contributed by atoms with Crippen molar-refractivity contribution in [1.82, 2.24) is 5.32 Å². The van der Waals surface area contributed by atoms with Gasteiger partial charge in [0.25, 0.3) is 5.91 Å². The molecule has 0 aliphatic carbocycles. The second-order valence-corrected chi connectivity index (χ2v) is 3.25. The molecule has 0 spiro atoms. The van der Waals surface area contributed by atoms with Gasteiger partial charge in [-0.05, 0) is 19.1 Å². The van der Waals surface area contributed by atoms with Crippen molar-refractivity contribution in [3.05, 3.63) is 23.8 Å². The van der Waals surface area contributed by atoms with Crippen molar-refractivity contribution in [3.8, 4) is 0 Å². The van der Waals surface area contributed by atoms with Crippen LogP contribution in [-0.2, 0) is 0 Å². The molecule has 0 aromatic heterocycles. The summed E-state index contributed by atoms with van der Waals surface area (Å²) >= 11 is 0. The number of benzene rings is 1. The molecule has 1 heterocycles. The Kier molecular flexibility index (Phi) is 2.24. The Morgan fingerprint density at radius 2 is 2.20 bits per heavy atom. The number of nitrogens with two attached hydrogens (primary N) is 1. The van der Waals surface area contributed by atoms with Gasteiger partial charge in [-0.2, -0.15) is 0 Å². The van der Waals surface area contributed by atoms with E-state index in [0.29, 0.717) is 11.3 Å². The van der Waals surface area contributed by atoms with E-state index in [-0.39, 0.29) is 12.1 Å². The Morgan fingerprint density at radius 3 is 2.93 bits per heavy atom. The van der Waals surface area contributed by atoms with E-state index in [4.69, 9.17) is 5.84 Å². The van der Waals surface area contributed by atoms with Crippen molar-refractivity contribution in [2.24, 2.45) is 16.2 Å². The summed E-state index contributed by atoms with van der Waals surface area (Å²) in [7, 11) is 0. The predicted molar refractivity (Wildman–Crippen MR) is 55.7 cm³/mol. The lowest BCUT2D eigenvalue weighted by molar-refractivity contribution is 0.0940. The van der Waals surface area contributed by atoms with Crippen LogP contribution in [-0.4, -0.2) is 12.1 Å². The van der Waals surface area contributed by atoms with Gasteiger partial charge in [0.1, 0.15) is 5.69 Å². The molecule has 1 atom stereocenters. The minimum absolute atomic E-state index is 0.0879. The van der Waals surface area contributed by atoms with Crippen molar-refractivity contribution in [1.29, 1.82) is 0 Å². The van der Waals surface area contributed by atoms with Gasteiger partial charge in [0.15, 0.2) is 0 Å². The van der Waals surface area contributed by atoms with Gasteiger partial charge in [-0.3, -0.25) is 4.79 Å². The van der Waals surface area contributed by atoms with Crippen LogP contribution in [0.1, 0.15) is 17.3 Å². The van der Waals surface area contributed by atoms with Gasteiger partial charge < -0.3 is 16.5 Å². The fourth-order valence-electron chi connectivity index (χ4n) is 1.58. The summed E-state index contributed by atoms with van der Waals surface area (Å²) in [6.45, 7) is 1.86. The Labute approximate surface area is 86.5 Å². The van der Waals surface area contributed by atoms with Gasteiger partial charge in [0, 0.05) is 0 Å². The number of amides is 1. The minimum atomic E-state index is -0.167. The van der Waals surface area contributed by atoms with Crippen molar-refractivity contribution in [3.63, 3.8) is 0 Å². The Morgan fingerprint density at radius 1 is 1.40 bits per heavy atom. The fraction of sp³-hybridized carbons (Fsp3) is 0.222. The van der Waals surface area contributed by atoms with E-state index in [1.54, 1.807) is 12.1 Å². The Bertz CT molecular complexity index is 429. The molecule has 1 aliphatic heterocycles. The molecule has 0 radical (unpaired) electrons. The lowest BCUT2D eigenvalue weighted by atomic mass is 10.1. The average molecular weight is 205 g/mol. The van der Waals surface area contributed by atoms with Crippen LogP contribution in [0.5, 0.6) is 0 Å². The maximum absolute atomic E-state index is 11.7. The molecule has 1 amide bonds. The van der Waals surface area contributed by atoms with Crippen LogP contribution in [0.2, 0.25) is 0 Å². The molecule has 1 aliphatic rings. The quantitative estimate of drug-likeness (QED) is 0.364. The summed E-state index contributed by atoms with van der Waals surface area (Å²) in [5.74, 6) is 4.81. The predicted octanol–water partition coefficient (Wildman–Crippen LogP) is 1.15. The Balaban J connectivity index is 2.54. The van der Waals surface area contributed by atoms with E-state index in [1.165, 1.54) is 0 Å². The molecule has 4 N–H and O–H groups in total. The van der Waals surface area contributed by atoms with Gasteiger partial charge in [-0.25, -0.2) is 0 Å². The van der Waals surface area contributed by atoms with Gasteiger partial charge in [-0.15, -0.1) is 5.11 Å². The molecular weight excluding hydrogens is 194 g/mol.